The maximum Gasteiger partial charge on any atom is 0.257 e. The predicted octanol–water partition coefficient (Wildman–Crippen LogP) is 5.07. The van der Waals surface area contributed by atoms with Crippen LogP contribution < -0.4 is 15.4 Å². The number of thioether (sulfide) groups is 1. The Hall–Kier alpha value is -3.43. The van der Waals surface area contributed by atoms with Gasteiger partial charge in [0.05, 0.1) is 23.6 Å². The second-order valence-electron chi connectivity index (χ2n) is 6.61. The van der Waals surface area contributed by atoms with E-state index in [1.54, 1.807) is 48.5 Å². The SMILES string of the molecule is CCOc1ccc(NC(=O)c2ccccc2NC(=O)CSc2ncnc3sccc23)cc1. The minimum atomic E-state index is -0.312. The molecule has 2 heterocycles. The van der Waals surface area contributed by atoms with E-state index in [1.807, 2.05) is 18.4 Å². The molecule has 0 radical (unpaired) electrons. The maximum atomic E-state index is 12.8. The first-order valence-corrected chi connectivity index (χ1v) is 11.7. The highest BCUT2D eigenvalue weighted by Crippen LogP contribution is 2.28. The van der Waals surface area contributed by atoms with Gasteiger partial charge < -0.3 is 15.4 Å². The van der Waals surface area contributed by atoms with Gasteiger partial charge in [-0.2, -0.15) is 0 Å². The van der Waals surface area contributed by atoms with E-state index in [4.69, 9.17) is 4.74 Å². The minimum Gasteiger partial charge on any atom is -0.494 e. The number of benzene rings is 2. The van der Waals surface area contributed by atoms with Gasteiger partial charge in [-0.3, -0.25) is 9.59 Å². The summed E-state index contributed by atoms with van der Waals surface area (Å²) in [6.45, 7) is 2.49. The van der Waals surface area contributed by atoms with E-state index in [1.165, 1.54) is 29.4 Å². The topological polar surface area (TPSA) is 93.2 Å². The zero-order valence-electron chi connectivity index (χ0n) is 17.2. The van der Waals surface area contributed by atoms with Crippen LogP contribution in [0.4, 0.5) is 11.4 Å². The first-order chi connectivity index (χ1) is 15.6. The molecule has 2 amide bonds. The van der Waals surface area contributed by atoms with Crippen molar-refractivity contribution >= 4 is 56.5 Å². The second kappa shape index (κ2) is 10.3. The largest absolute Gasteiger partial charge is 0.494 e. The van der Waals surface area contributed by atoms with Gasteiger partial charge >= 0.3 is 0 Å². The molecule has 0 atom stereocenters. The monoisotopic (exact) mass is 464 g/mol. The van der Waals surface area contributed by atoms with Gasteiger partial charge in [0.15, 0.2) is 0 Å². The van der Waals surface area contributed by atoms with Gasteiger partial charge in [-0.1, -0.05) is 23.9 Å². The van der Waals surface area contributed by atoms with Gasteiger partial charge in [0.1, 0.15) is 21.9 Å². The van der Waals surface area contributed by atoms with Crippen LogP contribution in [0.15, 0.2) is 71.3 Å². The van der Waals surface area contributed by atoms with Crippen molar-refractivity contribution < 1.29 is 14.3 Å². The molecule has 0 aliphatic carbocycles. The molecule has 0 aliphatic rings. The number of aromatic nitrogens is 2. The Bertz CT molecular complexity index is 1240. The fourth-order valence-corrected chi connectivity index (χ4v) is 4.57. The average Bonchev–Trinajstić information content (AvgIpc) is 3.29. The average molecular weight is 465 g/mol. The summed E-state index contributed by atoms with van der Waals surface area (Å²) >= 11 is 2.87. The number of carbonyl (C=O) groups is 2. The summed E-state index contributed by atoms with van der Waals surface area (Å²) in [5.41, 5.74) is 1.46. The number of nitrogens with zero attached hydrogens (tertiary/aromatic N) is 2. The van der Waals surface area contributed by atoms with Crippen LogP contribution in [0.25, 0.3) is 10.2 Å². The summed E-state index contributed by atoms with van der Waals surface area (Å²) in [6, 6.07) is 16.0. The number of hydrogen-bond acceptors (Lipinski definition) is 7. The van der Waals surface area contributed by atoms with E-state index < -0.39 is 0 Å². The lowest BCUT2D eigenvalue weighted by molar-refractivity contribution is -0.113. The van der Waals surface area contributed by atoms with Crippen molar-refractivity contribution in [1.29, 1.82) is 0 Å². The summed E-state index contributed by atoms with van der Waals surface area (Å²) in [7, 11) is 0. The van der Waals surface area contributed by atoms with Crippen molar-refractivity contribution in [2.24, 2.45) is 0 Å². The van der Waals surface area contributed by atoms with Gasteiger partial charge in [-0.15, -0.1) is 11.3 Å². The number of thiophene rings is 1. The summed E-state index contributed by atoms with van der Waals surface area (Å²) in [6.07, 6.45) is 1.50. The number of hydrogen-bond donors (Lipinski definition) is 2. The van der Waals surface area contributed by atoms with Crippen LogP contribution in [0, 0.1) is 0 Å². The molecule has 0 saturated heterocycles. The van der Waals surface area contributed by atoms with Crippen molar-refractivity contribution in [3.63, 3.8) is 0 Å². The molecule has 0 saturated carbocycles. The summed E-state index contributed by atoms with van der Waals surface area (Å²) in [4.78, 5) is 34.8. The Morgan fingerprint density at radius 1 is 1.03 bits per heavy atom. The molecular formula is C23H20N4O3S2. The molecule has 2 aromatic carbocycles. The number of para-hydroxylation sites is 1. The molecule has 0 bridgehead atoms. The molecule has 0 aliphatic heterocycles. The third-order valence-corrected chi connectivity index (χ3v) is 6.26. The normalized spacial score (nSPS) is 10.7. The zero-order chi connectivity index (χ0) is 22.3. The lowest BCUT2D eigenvalue weighted by Crippen LogP contribution is -2.19. The Morgan fingerprint density at radius 2 is 1.84 bits per heavy atom. The third kappa shape index (κ3) is 5.24. The highest BCUT2D eigenvalue weighted by atomic mass is 32.2. The first-order valence-electron chi connectivity index (χ1n) is 9.88. The third-order valence-electron chi connectivity index (χ3n) is 4.43. The quantitative estimate of drug-likeness (QED) is 0.279. The van der Waals surface area contributed by atoms with Gasteiger partial charge in [0, 0.05) is 11.1 Å². The number of fused-ring (bicyclic) bond motifs is 1. The van der Waals surface area contributed by atoms with Crippen molar-refractivity contribution in [1.82, 2.24) is 9.97 Å². The molecule has 4 aromatic rings. The van der Waals surface area contributed by atoms with Gasteiger partial charge in [-0.05, 0) is 54.8 Å². The van der Waals surface area contributed by atoms with Crippen LogP contribution >= 0.6 is 23.1 Å². The standard InChI is InChI=1S/C23H20N4O3S2/c1-2-30-16-9-7-15(8-10-16)26-21(29)17-5-3-4-6-19(17)27-20(28)13-32-23-18-11-12-31-22(18)24-14-25-23/h3-12,14H,2,13H2,1H3,(H,26,29)(H,27,28). The highest BCUT2D eigenvalue weighted by Gasteiger charge is 2.15. The Labute approximate surface area is 193 Å². The number of rotatable bonds is 8. The van der Waals surface area contributed by atoms with Gasteiger partial charge in [-0.25, -0.2) is 9.97 Å². The Kier molecular flexibility index (Phi) is 6.98. The van der Waals surface area contributed by atoms with Crippen molar-refractivity contribution in [3.05, 3.63) is 71.9 Å². The fourth-order valence-electron chi connectivity index (χ4n) is 2.99. The minimum absolute atomic E-state index is 0.163. The van der Waals surface area contributed by atoms with E-state index in [-0.39, 0.29) is 17.6 Å². The van der Waals surface area contributed by atoms with Crippen LogP contribution in [0.3, 0.4) is 0 Å². The lowest BCUT2D eigenvalue weighted by atomic mass is 10.1. The van der Waals surface area contributed by atoms with Crippen LogP contribution in [0.2, 0.25) is 0 Å². The van der Waals surface area contributed by atoms with Gasteiger partial charge in [0.25, 0.3) is 5.91 Å². The first kappa shape index (κ1) is 21.8. The Morgan fingerprint density at radius 3 is 2.66 bits per heavy atom. The van der Waals surface area contributed by atoms with E-state index in [0.29, 0.717) is 23.5 Å². The molecule has 0 fully saturated rings. The van der Waals surface area contributed by atoms with Crippen molar-refractivity contribution in [3.8, 4) is 5.75 Å². The lowest BCUT2D eigenvalue weighted by Gasteiger charge is -2.12. The number of carbonyl (C=O) groups excluding carboxylic acids is 2. The Balaban J connectivity index is 1.40. The molecular weight excluding hydrogens is 444 g/mol. The second-order valence-corrected chi connectivity index (χ2v) is 8.47. The van der Waals surface area contributed by atoms with Crippen molar-refractivity contribution in [2.45, 2.75) is 11.9 Å². The zero-order valence-corrected chi connectivity index (χ0v) is 18.8. The molecule has 32 heavy (non-hydrogen) atoms. The predicted molar refractivity (Wildman–Crippen MR) is 129 cm³/mol. The number of amides is 2. The molecule has 162 valence electrons. The molecule has 2 N–H and O–H groups in total. The highest BCUT2D eigenvalue weighted by molar-refractivity contribution is 8.00. The van der Waals surface area contributed by atoms with Crippen LogP contribution in [-0.4, -0.2) is 34.1 Å². The van der Waals surface area contributed by atoms with Crippen LogP contribution in [0.1, 0.15) is 17.3 Å². The molecule has 2 aromatic heterocycles. The van der Waals surface area contributed by atoms with Crippen molar-refractivity contribution in [2.75, 3.05) is 23.0 Å². The van der Waals surface area contributed by atoms with E-state index in [9.17, 15) is 9.59 Å². The summed E-state index contributed by atoms with van der Waals surface area (Å²) in [5, 5.41) is 9.32. The van der Waals surface area contributed by atoms with Crippen LogP contribution in [0.5, 0.6) is 5.75 Å². The maximum absolute atomic E-state index is 12.8. The van der Waals surface area contributed by atoms with E-state index in [2.05, 4.69) is 20.6 Å². The summed E-state index contributed by atoms with van der Waals surface area (Å²) in [5.74, 6) is 0.363. The summed E-state index contributed by atoms with van der Waals surface area (Å²) < 4.78 is 5.42. The van der Waals surface area contributed by atoms with E-state index >= 15 is 0 Å². The molecule has 0 unspecified atom stereocenters. The molecule has 0 spiro atoms. The molecule has 9 heteroatoms. The van der Waals surface area contributed by atoms with Gasteiger partial charge in [0.2, 0.25) is 5.91 Å². The number of anilines is 2. The number of ether oxygens (including phenoxy) is 1. The van der Waals surface area contributed by atoms with E-state index in [0.717, 1.165) is 21.0 Å². The molecule has 4 rings (SSSR count). The molecule has 7 nitrogen and oxygen atoms in total. The van der Waals surface area contributed by atoms with Crippen LogP contribution in [-0.2, 0) is 4.79 Å². The fraction of sp³-hybridized carbons (Fsp3) is 0.130. The smallest absolute Gasteiger partial charge is 0.257 e. The number of nitrogens with one attached hydrogen (secondary N) is 2.